The van der Waals surface area contributed by atoms with Gasteiger partial charge in [0.2, 0.25) is 0 Å². The zero-order valence-corrected chi connectivity index (χ0v) is 14.2. The van der Waals surface area contributed by atoms with E-state index in [4.69, 9.17) is 16.3 Å². The Kier molecular flexibility index (Phi) is 6.06. The number of hydrogen-bond donors (Lipinski definition) is 1. The van der Waals surface area contributed by atoms with Crippen LogP contribution in [0.5, 0.6) is 5.75 Å². The number of carbonyl (C=O) groups excluding carboxylic acids is 1. The number of rotatable bonds is 4. The lowest BCUT2D eigenvalue weighted by Crippen LogP contribution is -2.41. The number of ether oxygens (including phenoxy) is 1. The maximum Gasteiger partial charge on any atom is 0.262 e. The van der Waals surface area contributed by atoms with Crippen LogP contribution >= 0.6 is 11.6 Å². The number of halogens is 1. The van der Waals surface area contributed by atoms with E-state index < -0.39 is 0 Å². The standard InChI is InChI=1S/C18H21ClN2O2/c1-12-5-3-4-6-16(12)21-18(22)14(11-20)9-13-10-15(19)7-8-17(13)23-2/h7-10,12,16H,3-6H2,1-2H3,(H,21,22)/b14-9+/t12-,16-/m1/s1. The van der Waals surface area contributed by atoms with Crippen molar-refractivity contribution in [2.24, 2.45) is 5.92 Å². The van der Waals surface area contributed by atoms with Crippen LogP contribution in [0.4, 0.5) is 0 Å². The summed E-state index contributed by atoms with van der Waals surface area (Å²) in [5.74, 6) is 0.669. The van der Waals surface area contributed by atoms with E-state index in [0.29, 0.717) is 22.3 Å². The molecule has 0 radical (unpaired) electrons. The van der Waals surface area contributed by atoms with Crippen LogP contribution in [0, 0.1) is 17.2 Å². The van der Waals surface area contributed by atoms with Crippen molar-refractivity contribution >= 4 is 23.6 Å². The molecule has 1 aliphatic rings. The quantitative estimate of drug-likeness (QED) is 0.670. The lowest BCUT2D eigenvalue weighted by Gasteiger charge is -2.29. The minimum absolute atomic E-state index is 0.0586. The van der Waals surface area contributed by atoms with Gasteiger partial charge in [0.1, 0.15) is 17.4 Å². The topological polar surface area (TPSA) is 62.1 Å². The second kappa shape index (κ2) is 8.03. The largest absolute Gasteiger partial charge is 0.496 e. The normalized spacial score (nSPS) is 21.4. The Bertz CT molecular complexity index is 649. The van der Waals surface area contributed by atoms with Gasteiger partial charge in [0.15, 0.2) is 0 Å². The first-order valence-electron chi connectivity index (χ1n) is 7.81. The highest BCUT2D eigenvalue weighted by Crippen LogP contribution is 2.26. The van der Waals surface area contributed by atoms with Crippen molar-refractivity contribution < 1.29 is 9.53 Å². The molecule has 1 saturated carbocycles. The van der Waals surface area contributed by atoms with E-state index in [1.807, 2.05) is 6.07 Å². The van der Waals surface area contributed by atoms with E-state index >= 15 is 0 Å². The van der Waals surface area contributed by atoms with Crippen LogP contribution in [-0.4, -0.2) is 19.1 Å². The Hall–Kier alpha value is -1.99. The number of methoxy groups -OCH3 is 1. The summed E-state index contributed by atoms with van der Waals surface area (Å²) in [6.07, 6.45) is 5.91. The Labute approximate surface area is 142 Å². The molecule has 4 nitrogen and oxygen atoms in total. The van der Waals surface area contributed by atoms with Gasteiger partial charge in [0.05, 0.1) is 7.11 Å². The smallest absolute Gasteiger partial charge is 0.262 e. The zero-order valence-electron chi connectivity index (χ0n) is 13.4. The fourth-order valence-electron chi connectivity index (χ4n) is 2.90. The number of nitriles is 1. The molecule has 1 aromatic carbocycles. The average Bonchev–Trinajstić information content (AvgIpc) is 2.54. The maximum atomic E-state index is 12.4. The Morgan fingerprint density at radius 2 is 2.17 bits per heavy atom. The fourth-order valence-corrected chi connectivity index (χ4v) is 3.08. The van der Waals surface area contributed by atoms with Gasteiger partial charge in [-0.3, -0.25) is 4.79 Å². The molecule has 5 heteroatoms. The van der Waals surface area contributed by atoms with Gasteiger partial charge < -0.3 is 10.1 Å². The molecule has 1 amide bonds. The van der Waals surface area contributed by atoms with Crippen LogP contribution < -0.4 is 10.1 Å². The van der Waals surface area contributed by atoms with E-state index in [1.165, 1.54) is 19.6 Å². The number of hydrogen-bond acceptors (Lipinski definition) is 3. The molecule has 23 heavy (non-hydrogen) atoms. The Morgan fingerprint density at radius 3 is 2.83 bits per heavy atom. The van der Waals surface area contributed by atoms with Gasteiger partial charge in [0, 0.05) is 16.6 Å². The third-order valence-corrected chi connectivity index (χ3v) is 4.52. The van der Waals surface area contributed by atoms with Gasteiger partial charge in [-0.15, -0.1) is 0 Å². The molecule has 122 valence electrons. The number of nitrogens with zero attached hydrogens (tertiary/aromatic N) is 1. The van der Waals surface area contributed by atoms with E-state index in [9.17, 15) is 10.1 Å². The monoisotopic (exact) mass is 332 g/mol. The van der Waals surface area contributed by atoms with Crippen molar-refractivity contribution in [1.82, 2.24) is 5.32 Å². The molecule has 1 fully saturated rings. The molecule has 0 saturated heterocycles. The van der Waals surface area contributed by atoms with Gasteiger partial charge in [-0.05, 0) is 43.0 Å². The summed E-state index contributed by atoms with van der Waals surface area (Å²) >= 11 is 5.99. The molecule has 1 aliphatic carbocycles. The minimum atomic E-state index is -0.340. The van der Waals surface area contributed by atoms with Crippen molar-refractivity contribution in [1.29, 1.82) is 5.26 Å². The second-order valence-electron chi connectivity index (χ2n) is 5.90. The first kappa shape index (κ1) is 17.4. The van der Waals surface area contributed by atoms with Crippen LogP contribution in [0.3, 0.4) is 0 Å². The highest BCUT2D eigenvalue weighted by Gasteiger charge is 2.24. The summed E-state index contributed by atoms with van der Waals surface area (Å²) in [4.78, 5) is 12.4. The van der Waals surface area contributed by atoms with Gasteiger partial charge in [0.25, 0.3) is 5.91 Å². The van der Waals surface area contributed by atoms with Crippen LogP contribution in [0.25, 0.3) is 6.08 Å². The number of benzene rings is 1. The van der Waals surface area contributed by atoms with Crippen LogP contribution in [-0.2, 0) is 4.79 Å². The first-order valence-corrected chi connectivity index (χ1v) is 8.19. The average molecular weight is 333 g/mol. The molecule has 0 unspecified atom stereocenters. The van der Waals surface area contributed by atoms with Crippen LogP contribution in [0.15, 0.2) is 23.8 Å². The van der Waals surface area contributed by atoms with Crippen LogP contribution in [0.2, 0.25) is 5.02 Å². The summed E-state index contributed by atoms with van der Waals surface area (Å²) in [6.45, 7) is 2.14. The Balaban J connectivity index is 2.20. The van der Waals surface area contributed by atoms with E-state index in [2.05, 4.69) is 12.2 Å². The molecule has 0 aliphatic heterocycles. The van der Waals surface area contributed by atoms with Gasteiger partial charge in [-0.2, -0.15) is 5.26 Å². The number of carbonyl (C=O) groups is 1. The van der Waals surface area contributed by atoms with Crippen molar-refractivity contribution in [3.63, 3.8) is 0 Å². The van der Waals surface area contributed by atoms with Crippen molar-refractivity contribution in [2.45, 2.75) is 38.6 Å². The van der Waals surface area contributed by atoms with Crippen molar-refractivity contribution in [3.05, 3.63) is 34.4 Å². The summed E-state index contributed by atoms with van der Waals surface area (Å²) < 4.78 is 5.25. The maximum absolute atomic E-state index is 12.4. The molecule has 0 bridgehead atoms. The molecule has 0 spiro atoms. The van der Waals surface area contributed by atoms with Gasteiger partial charge >= 0.3 is 0 Å². The van der Waals surface area contributed by atoms with Crippen molar-refractivity contribution in [2.75, 3.05) is 7.11 Å². The molecular formula is C18H21ClN2O2. The Morgan fingerprint density at radius 1 is 1.43 bits per heavy atom. The van der Waals surface area contributed by atoms with Crippen molar-refractivity contribution in [3.8, 4) is 11.8 Å². The SMILES string of the molecule is COc1ccc(Cl)cc1/C=C(\C#N)C(=O)N[C@@H]1CCCC[C@H]1C. The predicted octanol–water partition coefficient (Wildman–Crippen LogP) is 3.95. The second-order valence-corrected chi connectivity index (χ2v) is 6.33. The fraction of sp³-hybridized carbons (Fsp3) is 0.444. The third kappa shape index (κ3) is 4.49. The minimum Gasteiger partial charge on any atom is -0.496 e. The first-order chi connectivity index (χ1) is 11.0. The predicted molar refractivity (Wildman–Crippen MR) is 91.2 cm³/mol. The molecule has 2 atom stereocenters. The molecular weight excluding hydrogens is 312 g/mol. The molecule has 1 N–H and O–H groups in total. The summed E-state index contributed by atoms with van der Waals surface area (Å²) in [7, 11) is 1.54. The molecule has 2 rings (SSSR count). The van der Waals surface area contributed by atoms with E-state index in [-0.39, 0.29) is 17.5 Å². The zero-order chi connectivity index (χ0) is 16.8. The van der Waals surface area contributed by atoms with Gasteiger partial charge in [-0.25, -0.2) is 0 Å². The summed E-state index contributed by atoms with van der Waals surface area (Å²) in [5.41, 5.74) is 0.673. The van der Waals surface area contributed by atoms with Gasteiger partial charge in [-0.1, -0.05) is 31.4 Å². The van der Waals surface area contributed by atoms with E-state index in [1.54, 1.807) is 18.2 Å². The molecule has 0 aromatic heterocycles. The molecule has 1 aromatic rings. The highest BCUT2D eigenvalue weighted by atomic mass is 35.5. The number of nitrogens with one attached hydrogen (secondary N) is 1. The lowest BCUT2D eigenvalue weighted by molar-refractivity contribution is -0.118. The number of amides is 1. The third-order valence-electron chi connectivity index (χ3n) is 4.28. The lowest BCUT2D eigenvalue weighted by atomic mass is 9.86. The highest BCUT2D eigenvalue weighted by molar-refractivity contribution is 6.30. The summed E-state index contributed by atoms with van der Waals surface area (Å²) in [5, 5.41) is 12.8. The molecule has 0 heterocycles. The van der Waals surface area contributed by atoms with Crippen LogP contribution in [0.1, 0.15) is 38.2 Å². The van der Waals surface area contributed by atoms with E-state index in [0.717, 1.165) is 19.3 Å². The summed E-state index contributed by atoms with van der Waals surface area (Å²) in [6, 6.07) is 7.20.